The molecule has 294 valence electrons. The van der Waals surface area contributed by atoms with Crippen molar-refractivity contribution in [1.82, 2.24) is 0 Å². The lowest BCUT2D eigenvalue weighted by atomic mass is 9.80. The average Bonchev–Trinajstić information content (AvgIpc) is 3.18. The van der Waals surface area contributed by atoms with E-state index in [2.05, 4.69) is 91.8 Å². The molecule has 0 radical (unpaired) electrons. The number of unbranched alkanes of at least 4 members (excludes halogenated alkanes) is 8. The maximum atomic E-state index is 2.65. The van der Waals surface area contributed by atoms with Crippen molar-refractivity contribution in [3.8, 4) is 0 Å². The fourth-order valence-corrected chi connectivity index (χ4v) is 9.66. The van der Waals surface area contributed by atoms with Crippen molar-refractivity contribution < 1.29 is 0 Å². The minimum absolute atomic E-state index is 1.21. The summed E-state index contributed by atoms with van der Waals surface area (Å²) >= 11 is 0. The van der Waals surface area contributed by atoms with Gasteiger partial charge in [0, 0.05) is 0 Å². The van der Waals surface area contributed by atoms with Crippen LogP contribution < -0.4 is 0 Å². The molecule has 0 N–H and O–H groups in total. The third-order valence-electron chi connectivity index (χ3n) is 12.8. The standard InChI is InChI=1S/C54H78/c1-9-17-25-43-44(26-18-10-2)48(30-22-14-6)52-36-40-34-42-38-54-50(32-24-16-8)46(28-20-12-4)45(27-19-11-3)49(31-23-15-7)53(54)37-41(42)33-39(40)35-51(52)47(43)29-21-13-5/h33-38H,9-32H2,1-8H3. The van der Waals surface area contributed by atoms with Crippen LogP contribution in [0.5, 0.6) is 0 Å². The van der Waals surface area contributed by atoms with Crippen LogP contribution in [0.4, 0.5) is 0 Å². The smallest absolute Gasteiger partial charge is 0.0140 e. The molecule has 54 heavy (non-hydrogen) atoms. The Morgan fingerprint density at radius 2 is 0.389 bits per heavy atom. The van der Waals surface area contributed by atoms with Gasteiger partial charge in [-0.15, -0.1) is 0 Å². The molecule has 5 aromatic carbocycles. The van der Waals surface area contributed by atoms with E-state index in [9.17, 15) is 0 Å². The number of fused-ring (bicyclic) bond motifs is 4. The summed E-state index contributed by atoms with van der Waals surface area (Å²) in [6.07, 6.45) is 30.2. The second-order valence-electron chi connectivity index (χ2n) is 17.0. The Morgan fingerprint density at radius 3 is 0.556 bits per heavy atom. The van der Waals surface area contributed by atoms with Crippen LogP contribution in [-0.4, -0.2) is 0 Å². The van der Waals surface area contributed by atoms with Crippen molar-refractivity contribution in [3.63, 3.8) is 0 Å². The van der Waals surface area contributed by atoms with Gasteiger partial charge in [-0.05, 0) is 227 Å². The molecular formula is C54H78. The minimum atomic E-state index is 1.21. The van der Waals surface area contributed by atoms with Crippen molar-refractivity contribution in [2.24, 2.45) is 0 Å². The predicted octanol–water partition coefficient (Wildman–Crippen LogP) is 17.0. The fourth-order valence-electron chi connectivity index (χ4n) is 9.66. The highest BCUT2D eigenvalue weighted by Crippen LogP contribution is 2.41. The minimum Gasteiger partial charge on any atom is -0.0654 e. The van der Waals surface area contributed by atoms with Crippen LogP contribution in [0.1, 0.15) is 203 Å². The Bertz CT molecular complexity index is 1670. The van der Waals surface area contributed by atoms with Crippen LogP contribution in [0.3, 0.4) is 0 Å². The van der Waals surface area contributed by atoms with Crippen LogP contribution in [0, 0.1) is 0 Å². The molecule has 0 saturated carbocycles. The summed E-state index contributed by atoms with van der Waals surface area (Å²) in [5.41, 5.74) is 13.7. The lowest BCUT2D eigenvalue weighted by Crippen LogP contribution is -2.08. The summed E-state index contributed by atoms with van der Waals surface area (Å²) in [6, 6.07) is 15.8. The van der Waals surface area contributed by atoms with Gasteiger partial charge in [-0.1, -0.05) is 107 Å². The SMILES string of the molecule is CCCCc1c(CCCC)c(CCCC)c2cc3cc4cc5c(CCCC)c(CCCC)c(CCCC)c(CCCC)c5cc4cc3cc2c1CCCC. The Hall–Kier alpha value is -2.86. The molecule has 5 rings (SSSR count). The van der Waals surface area contributed by atoms with Gasteiger partial charge in [0.2, 0.25) is 0 Å². The molecule has 0 aliphatic rings. The number of benzene rings is 5. The zero-order valence-corrected chi connectivity index (χ0v) is 36.4. The van der Waals surface area contributed by atoms with Crippen molar-refractivity contribution in [2.45, 2.75) is 209 Å². The van der Waals surface area contributed by atoms with Crippen LogP contribution in [-0.2, 0) is 51.4 Å². The van der Waals surface area contributed by atoms with E-state index >= 15 is 0 Å². The third-order valence-corrected chi connectivity index (χ3v) is 12.8. The van der Waals surface area contributed by atoms with Gasteiger partial charge in [0.25, 0.3) is 0 Å². The molecule has 0 nitrogen and oxygen atoms in total. The molecule has 0 spiro atoms. The van der Waals surface area contributed by atoms with E-state index < -0.39 is 0 Å². The normalized spacial score (nSPS) is 12.0. The Balaban J connectivity index is 1.88. The van der Waals surface area contributed by atoms with Crippen LogP contribution in [0.15, 0.2) is 36.4 Å². The molecular weight excluding hydrogens is 649 g/mol. The molecule has 0 fully saturated rings. The Labute approximate surface area is 332 Å². The van der Waals surface area contributed by atoms with Crippen LogP contribution >= 0.6 is 0 Å². The molecule has 5 aromatic rings. The lowest BCUT2D eigenvalue weighted by Gasteiger charge is -2.25. The molecule has 0 saturated heterocycles. The maximum absolute atomic E-state index is 2.65. The Morgan fingerprint density at radius 1 is 0.222 bits per heavy atom. The van der Waals surface area contributed by atoms with E-state index in [0.717, 1.165) is 0 Å². The van der Waals surface area contributed by atoms with E-state index in [4.69, 9.17) is 0 Å². The van der Waals surface area contributed by atoms with E-state index in [1.165, 1.54) is 176 Å². The summed E-state index contributed by atoms with van der Waals surface area (Å²) in [5.74, 6) is 0. The summed E-state index contributed by atoms with van der Waals surface area (Å²) in [6.45, 7) is 19.0. The van der Waals surface area contributed by atoms with E-state index in [-0.39, 0.29) is 0 Å². The largest absolute Gasteiger partial charge is 0.0654 e. The first-order valence-corrected chi connectivity index (χ1v) is 23.4. The molecule has 0 heteroatoms. The first kappa shape index (κ1) is 42.3. The van der Waals surface area contributed by atoms with Gasteiger partial charge >= 0.3 is 0 Å². The molecule has 0 aliphatic carbocycles. The Kier molecular flexibility index (Phi) is 16.8. The molecule has 0 atom stereocenters. The van der Waals surface area contributed by atoms with Crippen molar-refractivity contribution >= 4 is 43.1 Å². The zero-order chi connectivity index (χ0) is 38.5. The molecule has 0 aliphatic heterocycles. The van der Waals surface area contributed by atoms with Gasteiger partial charge in [-0.3, -0.25) is 0 Å². The molecule has 0 aromatic heterocycles. The predicted molar refractivity (Wildman–Crippen MR) is 245 cm³/mol. The quantitative estimate of drug-likeness (QED) is 0.0555. The molecule has 0 bridgehead atoms. The molecule has 0 unspecified atom stereocenters. The van der Waals surface area contributed by atoms with E-state index in [0.29, 0.717) is 0 Å². The third kappa shape index (κ3) is 9.56. The van der Waals surface area contributed by atoms with Crippen molar-refractivity contribution in [1.29, 1.82) is 0 Å². The van der Waals surface area contributed by atoms with Gasteiger partial charge in [0.15, 0.2) is 0 Å². The van der Waals surface area contributed by atoms with Crippen LogP contribution in [0.2, 0.25) is 0 Å². The average molecular weight is 727 g/mol. The summed E-state index contributed by atoms with van der Waals surface area (Å²) < 4.78 is 0. The lowest BCUT2D eigenvalue weighted by molar-refractivity contribution is 0.724. The first-order valence-electron chi connectivity index (χ1n) is 23.4. The summed E-state index contributed by atoms with van der Waals surface area (Å²) in [5, 5.41) is 12.0. The van der Waals surface area contributed by atoms with Gasteiger partial charge in [-0.25, -0.2) is 0 Å². The molecule has 0 amide bonds. The number of rotatable bonds is 24. The highest BCUT2D eigenvalue weighted by atomic mass is 14.3. The van der Waals surface area contributed by atoms with Gasteiger partial charge < -0.3 is 0 Å². The topological polar surface area (TPSA) is 0 Å². The van der Waals surface area contributed by atoms with Crippen molar-refractivity contribution in [3.05, 3.63) is 80.9 Å². The number of aryl methyl sites for hydroxylation is 4. The maximum Gasteiger partial charge on any atom is -0.0140 e. The number of hydrogen-bond donors (Lipinski definition) is 0. The van der Waals surface area contributed by atoms with Crippen molar-refractivity contribution in [2.75, 3.05) is 0 Å². The monoisotopic (exact) mass is 727 g/mol. The van der Waals surface area contributed by atoms with Crippen LogP contribution in [0.25, 0.3) is 43.1 Å². The second kappa shape index (κ2) is 21.4. The first-order chi connectivity index (χ1) is 26.5. The highest BCUT2D eigenvalue weighted by molar-refractivity contribution is 6.10. The summed E-state index contributed by atoms with van der Waals surface area (Å²) in [7, 11) is 0. The van der Waals surface area contributed by atoms with Gasteiger partial charge in [-0.2, -0.15) is 0 Å². The molecule has 0 heterocycles. The van der Waals surface area contributed by atoms with Gasteiger partial charge in [0.05, 0.1) is 0 Å². The van der Waals surface area contributed by atoms with E-state index in [1.807, 2.05) is 0 Å². The fraction of sp³-hybridized carbons (Fsp3) is 0.593. The zero-order valence-electron chi connectivity index (χ0n) is 36.4. The number of hydrogen-bond acceptors (Lipinski definition) is 0. The highest BCUT2D eigenvalue weighted by Gasteiger charge is 2.22. The summed E-state index contributed by atoms with van der Waals surface area (Å²) in [4.78, 5) is 0. The van der Waals surface area contributed by atoms with Gasteiger partial charge in [0.1, 0.15) is 0 Å². The second-order valence-corrected chi connectivity index (χ2v) is 17.0. The van der Waals surface area contributed by atoms with E-state index in [1.54, 1.807) is 66.1 Å².